The summed E-state index contributed by atoms with van der Waals surface area (Å²) in [4.78, 5) is 28.8. The molecule has 4 aromatic rings. The summed E-state index contributed by atoms with van der Waals surface area (Å²) in [5, 5.41) is 4.56. The first kappa shape index (κ1) is 30.9. The van der Waals surface area contributed by atoms with Crippen LogP contribution in [0.4, 0.5) is 4.39 Å². The second kappa shape index (κ2) is 14.2. The molecule has 0 unspecified atom stereocenters. The van der Waals surface area contributed by atoms with Crippen molar-refractivity contribution >= 4 is 32.6 Å². The number of hydrogen-bond donors (Lipinski definition) is 1. The van der Waals surface area contributed by atoms with Gasteiger partial charge in [0.15, 0.2) is 0 Å². The Morgan fingerprint density at radius 1 is 0.881 bits per heavy atom. The van der Waals surface area contributed by atoms with Crippen molar-refractivity contribution in [3.8, 4) is 0 Å². The van der Waals surface area contributed by atoms with Crippen molar-refractivity contribution in [1.82, 2.24) is 14.5 Å². The first-order valence-electron chi connectivity index (χ1n) is 14.0. The van der Waals surface area contributed by atoms with Gasteiger partial charge < -0.3 is 10.2 Å². The van der Waals surface area contributed by atoms with Crippen molar-refractivity contribution in [2.75, 3.05) is 20.1 Å². The summed E-state index contributed by atoms with van der Waals surface area (Å²) >= 11 is 0. The summed E-state index contributed by atoms with van der Waals surface area (Å²) in [6.45, 7) is 1.71. The van der Waals surface area contributed by atoms with Crippen LogP contribution in [0.3, 0.4) is 0 Å². The van der Waals surface area contributed by atoms with Gasteiger partial charge in [0.1, 0.15) is 11.9 Å². The molecule has 0 bridgehead atoms. The van der Waals surface area contributed by atoms with Gasteiger partial charge in [-0.2, -0.15) is 4.31 Å². The monoisotopic (exact) mass is 589 g/mol. The predicted octanol–water partition coefficient (Wildman–Crippen LogP) is 5.16. The van der Waals surface area contributed by atoms with E-state index in [1.54, 1.807) is 30.3 Å². The zero-order valence-electron chi connectivity index (χ0n) is 23.9. The van der Waals surface area contributed by atoms with E-state index in [0.717, 1.165) is 33.5 Å². The molecule has 2 amide bonds. The number of nitrogens with one attached hydrogen (secondary N) is 1. The molecule has 0 aromatic heterocycles. The molecule has 0 saturated heterocycles. The highest BCUT2D eigenvalue weighted by atomic mass is 32.2. The van der Waals surface area contributed by atoms with Gasteiger partial charge in [0.25, 0.3) is 0 Å². The molecule has 4 rings (SSSR count). The molecule has 7 nitrogen and oxygen atoms in total. The van der Waals surface area contributed by atoms with Crippen molar-refractivity contribution in [1.29, 1.82) is 0 Å². The Bertz CT molecular complexity index is 1630. The maximum Gasteiger partial charge on any atom is 0.243 e. The van der Waals surface area contributed by atoms with Gasteiger partial charge in [0, 0.05) is 32.1 Å². The van der Waals surface area contributed by atoms with Crippen LogP contribution in [-0.2, 0) is 32.6 Å². The van der Waals surface area contributed by atoms with Gasteiger partial charge in [0.05, 0.1) is 11.4 Å². The summed E-state index contributed by atoms with van der Waals surface area (Å²) in [6, 6.07) is 26.5. The maximum atomic E-state index is 14.8. The largest absolute Gasteiger partial charge is 0.354 e. The van der Waals surface area contributed by atoms with E-state index in [1.807, 2.05) is 61.5 Å². The lowest BCUT2D eigenvalue weighted by molar-refractivity contribution is -0.141. The lowest BCUT2D eigenvalue weighted by Gasteiger charge is -2.32. The Morgan fingerprint density at radius 2 is 1.55 bits per heavy atom. The van der Waals surface area contributed by atoms with Crippen molar-refractivity contribution in [2.45, 2.75) is 43.7 Å². The molecule has 42 heavy (non-hydrogen) atoms. The molecule has 9 heteroatoms. The van der Waals surface area contributed by atoms with Crippen LogP contribution in [0.25, 0.3) is 10.8 Å². The van der Waals surface area contributed by atoms with Crippen LogP contribution in [-0.4, -0.2) is 55.6 Å². The van der Waals surface area contributed by atoms with Gasteiger partial charge in [0.2, 0.25) is 21.8 Å². The molecule has 0 radical (unpaired) electrons. The summed E-state index contributed by atoms with van der Waals surface area (Å²) in [5.74, 6) is -1.51. The maximum absolute atomic E-state index is 14.8. The number of hydrogen-bond acceptors (Lipinski definition) is 4. The summed E-state index contributed by atoms with van der Waals surface area (Å²) < 4.78 is 42.8. The number of unbranched alkanes of at least 4 members (excludes halogenated alkanes) is 1. The standard InChI is InChI=1S/C33H36FN3O4S/c1-3-4-20-35-33(39)31(21-25-12-6-5-7-13-25)37(23-28-16-10-11-17-30(28)34)32(38)24-36(2)42(40,41)29-19-18-26-14-8-9-15-27(26)22-29/h5-19,22,31H,3-4,20-21,23-24H2,1-2H3,(H,35,39)/t31-/m1/s1. The number of fused-ring (bicyclic) bond motifs is 1. The second-order valence-electron chi connectivity index (χ2n) is 10.2. The van der Waals surface area contributed by atoms with Crippen LogP contribution in [0.15, 0.2) is 102 Å². The zero-order valence-corrected chi connectivity index (χ0v) is 24.7. The Morgan fingerprint density at radius 3 is 2.26 bits per heavy atom. The minimum Gasteiger partial charge on any atom is -0.354 e. The van der Waals surface area contributed by atoms with E-state index in [-0.39, 0.29) is 29.3 Å². The quantitative estimate of drug-likeness (QED) is 0.219. The Hall–Kier alpha value is -4.08. The summed E-state index contributed by atoms with van der Waals surface area (Å²) in [7, 11) is -2.72. The van der Waals surface area contributed by atoms with Crippen LogP contribution in [0.5, 0.6) is 0 Å². The molecule has 0 saturated carbocycles. The third-order valence-electron chi connectivity index (χ3n) is 7.19. The normalized spacial score (nSPS) is 12.3. The number of carbonyl (C=O) groups excluding carboxylic acids is 2. The fraction of sp³-hybridized carbons (Fsp3) is 0.273. The van der Waals surface area contributed by atoms with Gasteiger partial charge >= 0.3 is 0 Å². The van der Waals surface area contributed by atoms with Crippen LogP contribution in [0.2, 0.25) is 0 Å². The number of nitrogens with zero attached hydrogens (tertiary/aromatic N) is 2. The molecule has 0 fully saturated rings. The minimum absolute atomic E-state index is 0.0512. The highest BCUT2D eigenvalue weighted by Gasteiger charge is 2.33. The van der Waals surface area contributed by atoms with E-state index >= 15 is 0 Å². The number of rotatable bonds is 13. The highest BCUT2D eigenvalue weighted by molar-refractivity contribution is 7.89. The fourth-order valence-corrected chi connectivity index (χ4v) is 5.90. The number of sulfonamides is 1. The van der Waals surface area contributed by atoms with E-state index < -0.39 is 34.3 Å². The van der Waals surface area contributed by atoms with E-state index in [9.17, 15) is 22.4 Å². The van der Waals surface area contributed by atoms with Crippen LogP contribution in [0, 0.1) is 5.82 Å². The predicted molar refractivity (Wildman–Crippen MR) is 163 cm³/mol. The Balaban J connectivity index is 1.66. The summed E-state index contributed by atoms with van der Waals surface area (Å²) in [5.41, 5.74) is 1.04. The van der Waals surface area contributed by atoms with Gasteiger partial charge in [-0.05, 0) is 41.0 Å². The van der Waals surface area contributed by atoms with Gasteiger partial charge in [-0.15, -0.1) is 0 Å². The van der Waals surface area contributed by atoms with Crippen LogP contribution >= 0.6 is 0 Å². The number of likely N-dealkylation sites (N-methyl/N-ethyl adjacent to an activating group) is 1. The van der Waals surface area contributed by atoms with E-state index in [1.165, 1.54) is 24.1 Å². The molecule has 1 atom stereocenters. The number of carbonyl (C=O) groups is 2. The average molecular weight is 590 g/mol. The van der Waals surface area contributed by atoms with Gasteiger partial charge in [-0.3, -0.25) is 9.59 Å². The topological polar surface area (TPSA) is 86.8 Å². The van der Waals surface area contributed by atoms with Crippen LogP contribution in [0.1, 0.15) is 30.9 Å². The van der Waals surface area contributed by atoms with E-state index in [2.05, 4.69) is 5.32 Å². The average Bonchev–Trinajstić information content (AvgIpc) is 3.00. The molecular formula is C33H36FN3O4S. The van der Waals surface area contributed by atoms with Crippen molar-refractivity contribution in [3.05, 3.63) is 114 Å². The molecular weight excluding hydrogens is 553 g/mol. The second-order valence-corrected chi connectivity index (χ2v) is 12.3. The van der Waals surface area contributed by atoms with Crippen molar-refractivity contribution in [3.63, 3.8) is 0 Å². The van der Waals surface area contributed by atoms with E-state index in [4.69, 9.17) is 0 Å². The third kappa shape index (κ3) is 7.60. The molecule has 4 aromatic carbocycles. The molecule has 0 aliphatic carbocycles. The third-order valence-corrected chi connectivity index (χ3v) is 8.99. The first-order valence-corrected chi connectivity index (χ1v) is 15.4. The molecule has 0 aliphatic rings. The number of amides is 2. The molecule has 1 N–H and O–H groups in total. The lowest BCUT2D eigenvalue weighted by Crippen LogP contribution is -2.53. The highest BCUT2D eigenvalue weighted by Crippen LogP contribution is 2.22. The smallest absolute Gasteiger partial charge is 0.243 e. The Kier molecular flexibility index (Phi) is 10.4. The fourth-order valence-electron chi connectivity index (χ4n) is 4.74. The van der Waals surface area contributed by atoms with Crippen LogP contribution < -0.4 is 5.32 Å². The molecule has 220 valence electrons. The molecule has 0 heterocycles. The lowest BCUT2D eigenvalue weighted by atomic mass is 10.0. The molecule has 0 spiro atoms. The Labute approximate surface area is 247 Å². The van der Waals surface area contributed by atoms with Crippen molar-refractivity contribution in [2.24, 2.45) is 0 Å². The first-order chi connectivity index (χ1) is 20.2. The summed E-state index contributed by atoms with van der Waals surface area (Å²) in [6.07, 6.45) is 1.82. The SMILES string of the molecule is CCCCNC(=O)[C@@H](Cc1ccccc1)N(Cc1ccccc1F)C(=O)CN(C)S(=O)(=O)c1ccc2ccccc2c1. The van der Waals surface area contributed by atoms with Gasteiger partial charge in [-0.25, -0.2) is 12.8 Å². The molecule has 0 aliphatic heterocycles. The minimum atomic E-state index is -4.05. The number of benzene rings is 4. The number of halogens is 1. The zero-order chi connectivity index (χ0) is 30.1. The van der Waals surface area contributed by atoms with E-state index in [0.29, 0.717) is 6.54 Å². The van der Waals surface area contributed by atoms with Crippen molar-refractivity contribution < 1.29 is 22.4 Å². The van der Waals surface area contributed by atoms with Gasteiger partial charge in [-0.1, -0.05) is 92.2 Å².